The lowest BCUT2D eigenvalue weighted by Gasteiger charge is -2.26. The third-order valence-electron chi connectivity index (χ3n) is 5.52. The number of nitrogens with two attached hydrogens (primary N) is 2. The van der Waals surface area contributed by atoms with Crippen molar-refractivity contribution in [2.24, 2.45) is 5.92 Å². The Morgan fingerprint density at radius 2 is 1.66 bits per heavy atom. The van der Waals surface area contributed by atoms with Crippen LogP contribution in [0.4, 0.5) is 11.4 Å². The predicted octanol–water partition coefficient (Wildman–Crippen LogP) is 3.76. The summed E-state index contributed by atoms with van der Waals surface area (Å²) in [7, 11) is 1.71. The minimum Gasteiger partial charge on any atom is -0.462 e. The highest BCUT2D eigenvalue weighted by Crippen LogP contribution is 2.27. The number of carbonyl (C=O) groups excluding carboxylic acids is 2. The molecule has 7 nitrogen and oxygen atoms in total. The molecular weight excluding hydrogens is 408 g/mol. The average Bonchev–Trinajstić information content (AvgIpc) is 2.78. The molecule has 170 valence electrons. The fourth-order valence-corrected chi connectivity index (χ4v) is 3.75. The molecule has 7 heteroatoms. The highest BCUT2D eigenvalue weighted by molar-refractivity contribution is 5.87. The van der Waals surface area contributed by atoms with Crippen LogP contribution in [0.15, 0.2) is 48.5 Å². The van der Waals surface area contributed by atoms with Gasteiger partial charge in [-0.1, -0.05) is 12.1 Å². The van der Waals surface area contributed by atoms with Crippen molar-refractivity contribution >= 4 is 29.4 Å². The first-order chi connectivity index (χ1) is 15.4. The van der Waals surface area contributed by atoms with Gasteiger partial charge in [0, 0.05) is 31.0 Å². The fourth-order valence-electron chi connectivity index (χ4n) is 3.75. The summed E-state index contributed by atoms with van der Waals surface area (Å²) in [5.41, 5.74) is 14.4. The molecular formula is C25H30N2O5. The summed E-state index contributed by atoms with van der Waals surface area (Å²) < 4.78 is 16.1. The largest absolute Gasteiger partial charge is 0.462 e. The number of anilines is 2. The van der Waals surface area contributed by atoms with E-state index in [-0.39, 0.29) is 24.6 Å². The van der Waals surface area contributed by atoms with Gasteiger partial charge in [0.2, 0.25) is 0 Å². The SMILES string of the molecule is COC1CCC(C(=O)Oc2ccc(/C=C/C(=O)OCCc3cc(N)cc(N)c3)cc2)CC1. The van der Waals surface area contributed by atoms with Crippen LogP contribution >= 0.6 is 0 Å². The van der Waals surface area contributed by atoms with Gasteiger partial charge in [-0.2, -0.15) is 0 Å². The van der Waals surface area contributed by atoms with Crippen LogP contribution in [0.25, 0.3) is 6.08 Å². The molecule has 32 heavy (non-hydrogen) atoms. The zero-order valence-corrected chi connectivity index (χ0v) is 18.3. The maximum atomic E-state index is 12.4. The van der Waals surface area contributed by atoms with Crippen molar-refractivity contribution in [3.8, 4) is 5.75 Å². The van der Waals surface area contributed by atoms with Crippen molar-refractivity contribution < 1.29 is 23.8 Å². The zero-order chi connectivity index (χ0) is 22.9. The Balaban J connectivity index is 1.42. The van der Waals surface area contributed by atoms with Crippen molar-refractivity contribution in [3.63, 3.8) is 0 Å². The number of hydrogen-bond donors (Lipinski definition) is 2. The third kappa shape index (κ3) is 7.13. The molecule has 0 radical (unpaired) electrons. The molecule has 2 aromatic carbocycles. The molecule has 1 saturated carbocycles. The van der Waals surface area contributed by atoms with Crippen molar-refractivity contribution in [2.45, 2.75) is 38.2 Å². The van der Waals surface area contributed by atoms with Crippen LogP contribution in [0.1, 0.15) is 36.8 Å². The van der Waals surface area contributed by atoms with E-state index in [1.807, 2.05) is 0 Å². The van der Waals surface area contributed by atoms with Crippen molar-refractivity contribution in [2.75, 3.05) is 25.2 Å². The molecule has 0 unspecified atom stereocenters. The lowest BCUT2D eigenvalue weighted by molar-refractivity contribution is -0.141. The smallest absolute Gasteiger partial charge is 0.330 e. The molecule has 2 aromatic rings. The Bertz CT molecular complexity index is 927. The second-order valence-electron chi connectivity index (χ2n) is 7.96. The molecule has 3 rings (SSSR count). The first-order valence-electron chi connectivity index (χ1n) is 10.8. The van der Waals surface area contributed by atoms with E-state index in [1.54, 1.807) is 55.7 Å². The van der Waals surface area contributed by atoms with E-state index in [2.05, 4.69) is 0 Å². The van der Waals surface area contributed by atoms with Crippen molar-refractivity contribution in [3.05, 3.63) is 59.7 Å². The van der Waals surface area contributed by atoms with Crippen LogP contribution in [0, 0.1) is 5.92 Å². The lowest BCUT2D eigenvalue weighted by Crippen LogP contribution is -2.28. The van der Waals surface area contributed by atoms with Gasteiger partial charge in [-0.15, -0.1) is 0 Å². The first-order valence-corrected chi connectivity index (χ1v) is 10.8. The molecule has 0 aliphatic heterocycles. The van der Waals surface area contributed by atoms with Crippen LogP contribution < -0.4 is 16.2 Å². The fraction of sp³-hybridized carbons (Fsp3) is 0.360. The standard InChI is InChI=1S/C25H30N2O5/c1-30-22-9-5-19(6-10-22)25(29)32-23-7-2-17(3-8-23)4-11-24(28)31-13-12-18-14-20(26)16-21(27)15-18/h2-4,7-8,11,14-16,19,22H,5-6,9-10,12-13,26-27H2,1H3/b11-4+. The van der Waals surface area contributed by atoms with E-state index in [1.165, 1.54) is 6.08 Å². The Labute approximate surface area is 188 Å². The molecule has 0 saturated heterocycles. The number of carbonyl (C=O) groups is 2. The van der Waals surface area contributed by atoms with Gasteiger partial charge < -0.3 is 25.7 Å². The van der Waals surface area contributed by atoms with E-state index < -0.39 is 5.97 Å². The van der Waals surface area contributed by atoms with Crippen LogP contribution in [0.3, 0.4) is 0 Å². The first kappa shape index (κ1) is 23.3. The van der Waals surface area contributed by atoms with Gasteiger partial charge in [0.1, 0.15) is 5.75 Å². The molecule has 0 spiro atoms. The van der Waals surface area contributed by atoms with E-state index >= 15 is 0 Å². The van der Waals surface area contributed by atoms with Crippen LogP contribution in [0.5, 0.6) is 5.75 Å². The summed E-state index contributed by atoms with van der Waals surface area (Å²) in [5, 5.41) is 0. The number of benzene rings is 2. The molecule has 1 aliphatic rings. The van der Waals surface area contributed by atoms with Gasteiger partial charge in [0.25, 0.3) is 0 Å². The number of hydrogen-bond acceptors (Lipinski definition) is 7. The van der Waals surface area contributed by atoms with Crippen molar-refractivity contribution in [1.29, 1.82) is 0 Å². The van der Waals surface area contributed by atoms with Crippen LogP contribution in [-0.4, -0.2) is 31.8 Å². The van der Waals surface area contributed by atoms with E-state index in [4.69, 9.17) is 25.7 Å². The number of nitrogen functional groups attached to an aromatic ring is 2. The number of ether oxygens (including phenoxy) is 3. The van der Waals surface area contributed by atoms with E-state index in [0.29, 0.717) is 23.5 Å². The Morgan fingerprint density at radius 3 is 2.28 bits per heavy atom. The highest BCUT2D eigenvalue weighted by atomic mass is 16.5. The third-order valence-corrected chi connectivity index (χ3v) is 5.52. The molecule has 0 aromatic heterocycles. The summed E-state index contributed by atoms with van der Waals surface area (Å²) in [6, 6.07) is 12.3. The second-order valence-corrected chi connectivity index (χ2v) is 7.96. The Hall–Kier alpha value is -3.32. The maximum Gasteiger partial charge on any atom is 0.330 e. The predicted molar refractivity (Wildman–Crippen MR) is 124 cm³/mol. The van der Waals surface area contributed by atoms with E-state index in [9.17, 15) is 9.59 Å². The van der Waals surface area contributed by atoms with Crippen LogP contribution in [-0.2, 0) is 25.5 Å². The van der Waals surface area contributed by atoms with E-state index in [0.717, 1.165) is 36.8 Å². The van der Waals surface area contributed by atoms with Crippen molar-refractivity contribution in [1.82, 2.24) is 0 Å². The van der Waals surface area contributed by atoms with Gasteiger partial charge in [0.05, 0.1) is 18.6 Å². The summed E-state index contributed by atoms with van der Waals surface area (Å²) in [5.74, 6) is -0.234. The molecule has 1 aliphatic carbocycles. The molecule has 1 fully saturated rings. The Morgan fingerprint density at radius 1 is 1.00 bits per heavy atom. The number of rotatable bonds is 8. The quantitative estimate of drug-likeness (QED) is 0.279. The Kier molecular flexibility index (Phi) is 8.27. The normalized spacial score (nSPS) is 18.4. The summed E-state index contributed by atoms with van der Waals surface area (Å²) in [6.07, 6.45) is 7.11. The zero-order valence-electron chi connectivity index (χ0n) is 18.3. The van der Waals surface area contributed by atoms with Gasteiger partial charge in [-0.05, 0) is 73.2 Å². The molecule has 0 amide bonds. The number of esters is 2. The second kappa shape index (κ2) is 11.3. The van der Waals surface area contributed by atoms with Gasteiger partial charge in [-0.3, -0.25) is 4.79 Å². The molecule has 0 atom stereocenters. The topological polar surface area (TPSA) is 114 Å². The van der Waals surface area contributed by atoms with Gasteiger partial charge in [-0.25, -0.2) is 4.79 Å². The summed E-state index contributed by atoms with van der Waals surface area (Å²) in [6.45, 7) is 0.229. The van der Waals surface area contributed by atoms with Gasteiger partial charge in [0.15, 0.2) is 0 Å². The van der Waals surface area contributed by atoms with Crippen LogP contribution in [0.2, 0.25) is 0 Å². The average molecular weight is 439 g/mol. The minimum absolute atomic E-state index is 0.0838. The minimum atomic E-state index is -0.441. The van der Waals surface area contributed by atoms with Gasteiger partial charge >= 0.3 is 11.9 Å². The molecule has 4 N–H and O–H groups in total. The number of methoxy groups -OCH3 is 1. The summed E-state index contributed by atoms with van der Waals surface area (Å²) in [4.78, 5) is 24.3. The summed E-state index contributed by atoms with van der Waals surface area (Å²) >= 11 is 0. The highest BCUT2D eigenvalue weighted by Gasteiger charge is 2.27. The lowest BCUT2D eigenvalue weighted by atomic mass is 9.87. The molecule has 0 heterocycles. The molecule has 0 bridgehead atoms. The monoisotopic (exact) mass is 438 g/mol. The maximum absolute atomic E-state index is 12.4.